The fourth-order valence-corrected chi connectivity index (χ4v) is 51.8. The Kier molecular flexibility index (Phi) is 23.0. The van der Waals surface area contributed by atoms with Crippen molar-refractivity contribution in [2.75, 3.05) is 73.5 Å². The average Bonchev–Trinajstić information content (AvgIpc) is 2.83. The molecule has 0 saturated carbocycles. The van der Waals surface area contributed by atoms with E-state index in [1.165, 1.54) is 0 Å². The minimum absolute atomic E-state index is 0.383. The van der Waals surface area contributed by atoms with Crippen LogP contribution in [0.5, 0.6) is 0 Å². The van der Waals surface area contributed by atoms with Crippen molar-refractivity contribution >= 4 is 76.6 Å². The van der Waals surface area contributed by atoms with Crippen molar-refractivity contribution in [2.24, 2.45) is 5.73 Å². The maximum atomic E-state index is 10.3. The monoisotopic (exact) mass is 940 g/mol. The van der Waals surface area contributed by atoms with Gasteiger partial charge in [-0.15, -0.1) is 0 Å². The molecule has 0 aromatic rings. The van der Waals surface area contributed by atoms with E-state index >= 15 is 0 Å². The predicted molar refractivity (Wildman–Crippen MR) is 252 cm³/mol. The standard InChI is InChI=1S/C32H90N5O9Si9/c1-37(2,3)31-32(38)30-36-25-24-35-27-29-55(21,44-50(12,13)40-48(7,8)9)46-53(18,19)42-51(14,15)41-52(16,17)45-54(20,28-26-34-23-22-33)43-49(10,11)39-47(4,5)6/h32,34-36,38H,22-31,33H2,1-21H3/q+1. The third-order valence-electron chi connectivity index (χ3n) is 7.38. The lowest BCUT2D eigenvalue weighted by Gasteiger charge is -2.45. The van der Waals surface area contributed by atoms with Crippen LogP contribution in [0.1, 0.15) is 0 Å². The highest BCUT2D eigenvalue weighted by atomic mass is 28.5. The van der Waals surface area contributed by atoms with Crippen molar-refractivity contribution in [3.63, 3.8) is 0 Å². The summed E-state index contributed by atoms with van der Waals surface area (Å²) in [6, 6.07) is 1.50. The Balaban J connectivity index is 5.93. The molecule has 332 valence electrons. The Morgan fingerprint density at radius 3 is 1.09 bits per heavy atom. The molecule has 0 saturated heterocycles. The number of nitrogens with zero attached hydrogens (tertiary/aromatic N) is 1. The first-order valence-electron chi connectivity index (χ1n) is 20.2. The molecule has 0 bridgehead atoms. The summed E-state index contributed by atoms with van der Waals surface area (Å²) in [5, 5.41) is 20.7. The zero-order valence-corrected chi connectivity index (χ0v) is 48.4. The molecule has 3 unspecified atom stereocenters. The molecule has 0 heterocycles. The van der Waals surface area contributed by atoms with Crippen LogP contribution < -0.4 is 21.7 Å². The van der Waals surface area contributed by atoms with Crippen molar-refractivity contribution in [1.82, 2.24) is 16.0 Å². The Morgan fingerprint density at radius 1 is 0.455 bits per heavy atom. The van der Waals surface area contributed by atoms with E-state index in [2.05, 4.69) is 155 Å². The molecule has 55 heavy (non-hydrogen) atoms. The number of likely N-dealkylation sites (N-methyl/N-ethyl adjacent to an activating group) is 1. The van der Waals surface area contributed by atoms with Crippen molar-refractivity contribution in [3.05, 3.63) is 0 Å². The van der Waals surface area contributed by atoms with Gasteiger partial charge >= 0.3 is 59.9 Å². The van der Waals surface area contributed by atoms with Crippen LogP contribution >= 0.6 is 0 Å². The first kappa shape index (κ1) is 56.4. The van der Waals surface area contributed by atoms with Gasteiger partial charge in [-0.1, -0.05) is 0 Å². The summed E-state index contributed by atoms with van der Waals surface area (Å²) in [6.45, 7) is 44.3. The second-order valence-corrected chi connectivity index (χ2v) is 54.9. The summed E-state index contributed by atoms with van der Waals surface area (Å²) in [5.41, 5.74) is 5.76. The van der Waals surface area contributed by atoms with Crippen molar-refractivity contribution in [3.8, 4) is 0 Å². The van der Waals surface area contributed by atoms with E-state index in [4.69, 9.17) is 38.7 Å². The second-order valence-electron chi connectivity index (χ2n) is 20.4. The minimum Gasteiger partial charge on any atom is -0.437 e. The topological polar surface area (TPSA) is 156 Å². The number of aliphatic hydroxyl groups excluding tert-OH is 1. The lowest BCUT2D eigenvalue weighted by Crippen LogP contribution is -2.63. The van der Waals surface area contributed by atoms with Gasteiger partial charge in [0.05, 0.1) is 21.1 Å². The Bertz CT molecular complexity index is 1110. The molecule has 0 aliphatic heterocycles. The average molecular weight is 942 g/mol. The van der Waals surface area contributed by atoms with Gasteiger partial charge in [0.2, 0.25) is 0 Å². The van der Waals surface area contributed by atoms with Gasteiger partial charge in [-0.2, -0.15) is 0 Å². The zero-order valence-electron chi connectivity index (χ0n) is 39.4. The first-order chi connectivity index (χ1) is 24.3. The zero-order chi connectivity index (χ0) is 43.4. The lowest BCUT2D eigenvalue weighted by molar-refractivity contribution is -0.873. The normalized spacial score (nSPS) is 17.3. The van der Waals surface area contributed by atoms with Crippen LogP contribution in [0.2, 0.25) is 130 Å². The predicted octanol–water partition coefficient (Wildman–Crippen LogP) is 5.24. The van der Waals surface area contributed by atoms with Gasteiger partial charge in [0.15, 0.2) is 16.6 Å². The Morgan fingerprint density at radius 2 is 0.764 bits per heavy atom. The highest BCUT2D eigenvalue weighted by molar-refractivity contribution is 6.93. The number of nitrogens with two attached hydrogens (primary N) is 1. The van der Waals surface area contributed by atoms with Crippen LogP contribution in [-0.2, 0) is 32.9 Å². The minimum atomic E-state index is -2.82. The van der Waals surface area contributed by atoms with E-state index < -0.39 is 76.6 Å². The number of aliphatic hydroxyl groups is 1. The van der Waals surface area contributed by atoms with Crippen LogP contribution in [-0.4, -0.2) is 166 Å². The molecule has 0 spiro atoms. The van der Waals surface area contributed by atoms with E-state index in [0.29, 0.717) is 19.6 Å². The molecule has 0 fully saturated rings. The maximum Gasteiger partial charge on any atom is 0.318 e. The van der Waals surface area contributed by atoms with E-state index in [9.17, 15) is 5.11 Å². The van der Waals surface area contributed by atoms with E-state index in [1.807, 2.05) is 0 Å². The molecule has 3 atom stereocenters. The third-order valence-corrected chi connectivity index (χ3v) is 41.2. The second kappa shape index (κ2) is 22.5. The molecule has 14 nitrogen and oxygen atoms in total. The summed E-state index contributed by atoms with van der Waals surface area (Å²) in [6.07, 6.45) is -0.383. The number of nitrogens with one attached hydrogen (secondary N) is 3. The van der Waals surface area contributed by atoms with Crippen LogP contribution in [0.3, 0.4) is 0 Å². The number of rotatable bonds is 31. The van der Waals surface area contributed by atoms with Crippen molar-refractivity contribution in [2.45, 2.75) is 136 Å². The summed E-state index contributed by atoms with van der Waals surface area (Å²) < 4.78 is 56.1. The van der Waals surface area contributed by atoms with Crippen molar-refractivity contribution < 1.29 is 42.5 Å². The van der Waals surface area contributed by atoms with Gasteiger partial charge in [0.1, 0.15) is 12.6 Å². The molecular weight excluding hydrogens is 851 g/mol. The summed E-state index contributed by atoms with van der Waals surface area (Å²) in [4.78, 5) is 0. The molecule has 0 aliphatic rings. The molecule has 23 heteroatoms. The SMILES string of the molecule is C[N+](C)(C)CC(O)CNCCNCC[Si](C)(O[Si](C)(C)O[Si](C)(C)C)O[Si](C)(C)O[Si](C)(C)O[Si](C)(C)O[Si](C)(CCNCCN)O[Si](C)(C)O[Si](C)(C)C. The Hall–Kier alpha value is 1.39. The quantitative estimate of drug-likeness (QED) is 0.0350. The number of quaternary nitrogens is 1. The Labute approximate surface area is 348 Å². The van der Waals surface area contributed by atoms with Gasteiger partial charge in [0.25, 0.3) is 0 Å². The first-order valence-corrected chi connectivity index (χ1v) is 46.2. The summed E-state index contributed by atoms with van der Waals surface area (Å²) in [5.74, 6) is 0. The smallest absolute Gasteiger partial charge is 0.318 e. The molecule has 0 radical (unpaired) electrons. The molecular formula is C32H90N5O9Si9+. The summed E-state index contributed by atoms with van der Waals surface area (Å²) in [7, 11) is -16.4. The molecule has 0 rings (SSSR count). The van der Waals surface area contributed by atoms with Gasteiger partial charge in [-0.3, -0.25) is 0 Å². The highest BCUT2D eigenvalue weighted by Gasteiger charge is 2.51. The van der Waals surface area contributed by atoms with Gasteiger partial charge < -0.3 is 64.2 Å². The van der Waals surface area contributed by atoms with Crippen LogP contribution in [0.25, 0.3) is 0 Å². The van der Waals surface area contributed by atoms with Crippen LogP contribution in [0, 0.1) is 0 Å². The van der Waals surface area contributed by atoms with E-state index in [-0.39, 0.29) is 6.10 Å². The molecule has 0 amide bonds. The fourth-order valence-electron chi connectivity index (χ4n) is 7.21. The van der Waals surface area contributed by atoms with E-state index in [0.717, 1.165) is 49.3 Å². The molecule has 0 aromatic carbocycles. The maximum absolute atomic E-state index is 10.3. The fraction of sp³-hybridized carbons (Fsp3) is 1.00. The van der Waals surface area contributed by atoms with Crippen LogP contribution in [0.4, 0.5) is 0 Å². The summed E-state index contributed by atoms with van der Waals surface area (Å²) >= 11 is 0. The number of hydrogen-bond acceptors (Lipinski definition) is 13. The molecule has 6 N–H and O–H groups in total. The number of hydrogen-bond donors (Lipinski definition) is 5. The van der Waals surface area contributed by atoms with Gasteiger partial charge in [0, 0.05) is 44.8 Å². The third kappa shape index (κ3) is 30.1. The largest absolute Gasteiger partial charge is 0.437 e. The van der Waals surface area contributed by atoms with Crippen molar-refractivity contribution in [1.29, 1.82) is 0 Å². The lowest BCUT2D eigenvalue weighted by atomic mass is 10.3. The highest BCUT2D eigenvalue weighted by Crippen LogP contribution is 2.32. The van der Waals surface area contributed by atoms with Crippen LogP contribution in [0.15, 0.2) is 0 Å². The van der Waals surface area contributed by atoms with Gasteiger partial charge in [-0.05, 0) is 131 Å². The van der Waals surface area contributed by atoms with E-state index in [1.54, 1.807) is 0 Å². The molecule has 0 aliphatic carbocycles. The molecule has 0 aromatic heterocycles. The van der Waals surface area contributed by atoms with Gasteiger partial charge in [-0.25, -0.2) is 0 Å².